The topological polar surface area (TPSA) is 78.9 Å². The van der Waals surface area contributed by atoms with Gasteiger partial charge in [-0.1, -0.05) is 231 Å². The zero-order chi connectivity index (χ0) is 51.4. The highest BCUT2D eigenvalue weighted by atomic mass is 16.6. The highest BCUT2D eigenvalue weighted by Crippen LogP contribution is 2.13. The van der Waals surface area contributed by atoms with Crippen molar-refractivity contribution in [2.45, 2.75) is 245 Å². The SMILES string of the molecule is CC/C=C\C/C=C\C/C=C\C/C=C\C/C=C\C/C=C\C/C=C\C/C=C\C/C=C\CCCCCC(=O)OCC(COC(=O)CCCCCCC)OC(=O)CCCCCCCCC/C=C\C/C=C\CCCCC. The maximum Gasteiger partial charge on any atom is 0.306 e. The van der Waals surface area contributed by atoms with Gasteiger partial charge in [-0.25, -0.2) is 0 Å². The molecule has 0 radical (unpaired) electrons. The summed E-state index contributed by atoms with van der Waals surface area (Å²) < 4.78 is 16.7. The molecule has 0 aromatic carbocycles. The lowest BCUT2D eigenvalue weighted by atomic mass is 10.1. The van der Waals surface area contributed by atoms with Crippen molar-refractivity contribution in [2.75, 3.05) is 13.2 Å². The summed E-state index contributed by atoms with van der Waals surface area (Å²) in [5, 5.41) is 0. The van der Waals surface area contributed by atoms with Crippen molar-refractivity contribution in [2.24, 2.45) is 0 Å². The molecule has 0 fully saturated rings. The van der Waals surface area contributed by atoms with Gasteiger partial charge in [0.2, 0.25) is 0 Å². The van der Waals surface area contributed by atoms with Gasteiger partial charge in [-0.15, -0.1) is 0 Å². The molecule has 0 heterocycles. The molecule has 0 bridgehead atoms. The Morgan fingerprint density at radius 2 is 0.549 bits per heavy atom. The lowest BCUT2D eigenvalue weighted by molar-refractivity contribution is -0.167. The van der Waals surface area contributed by atoms with Gasteiger partial charge in [0.05, 0.1) is 0 Å². The van der Waals surface area contributed by atoms with Crippen LogP contribution < -0.4 is 0 Å². The van der Waals surface area contributed by atoms with Gasteiger partial charge < -0.3 is 14.2 Å². The molecule has 6 heteroatoms. The highest BCUT2D eigenvalue weighted by molar-refractivity contribution is 5.71. The van der Waals surface area contributed by atoms with E-state index in [9.17, 15) is 14.4 Å². The van der Waals surface area contributed by atoms with E-state index in [0.29, 0.717) is 19.3 Å². The van der Waals surface area contributed by atoms with Crippen LogP contribution in [-0.2, 0) is 28.6 Å². The van der Waals surface area contributed by atoms with Crippen LogP contribution in [0.1, 0.15) is 239 Å². The molecular formula is C65H104O6. The third-order valence-electron chi connectivity index (χ3n) is 11.6. The van der Waals surface area contributed by atoms with E-state index in [4.69, 9.17) is 14.2 Å². The predicted octanol–water partition coefficient (Wildman–Crippen LogP) is 19.4. The monoisotopic (exact) mass is 981 g/mol. The van der Waals surface area contributed by atoms with Gasteiger partial charge in [-0.2, -0.15) is 0 Å². The molecule has 71 heavy (non-hydrogen) atoms. The van der Waals surface area contributed by atoms with E-state index in [2.05, 4.69) is 154 Å². The van der Waals surface area contributed by atoms with E-state index in [-0.39, 0.29) is 31.1 Å². The first kappa shape index (κ1) is 66.6. The molecule has 0 aromatic heterocycles. The Labute approximate surface area is 436 Å². The van der Waals surface area contributed by atoms with Crippen LogP contribution in [0.15, 0.2) is 134 Å². The van der Waals surface area contributed by atoms with Gasteiger partial charge in [0, 0.05) is 19.3 Å². The van der Waals surface area contributed by atoms with E-state index in [1.165, 1.54) is 51.4 Å². The Kier molecular flexibility index (Phi) is 54.5. The third-order valence-corrected chi connectivity index (χ3v) is 11.6. The Hall–Kier alpha value is -4.45. The summed E-state index contributed by atoms with van der Waals surface area (Å²) in [5.41, 5.74) is 0. The van der Waals surface area contributed by atoms with E-state index in [0.717, 1.165) is 148 Å². The molecule has 0 spiro atoms. The van der Waals surface area contributed by atoms with Gasteiger partial charge in [0.25, 0.3) is 0 Å². The molecule has 0 aliphatic carbocycles. The Bertz CT molecular complexity index is 1550. The van der Waals surface area contributed by atoms with Crippen LogP contribution in [0.5, 0.6) is 0 Å². The van der Waals surface area contributed by atoms with Crippen molar-refractivity contribution in [1.82, 2.24) is 0 Å². The second-order valence-electron chi connectivity index (χ2n) is 18.5. The third kappa shape index (κ3) is 56.3. The van der Waals surface area contributed by atoms with E-state index < -0.39 is 6.10 Å². The number of carbonyl (C=O) groups is 3. The lowest BCUT2D eigenvalue weighted by Gasteiger charge is -2.18. The molecule has 400 valence electrons. The number of ether oxygens (including phenoxy) is 3. The summed E-state index contributed by atoms with van der Waals surface area (Å²) in [6.45, 7) is 6.37. The smallest absolute Gasteiger partial charge is 0.306 e. The first-order valence-corrected chi connectivity index (χ1v) is 28.7. The van der Waals surface area contributed by atoms with Crippen molar-refractivity contribution in [3.05, 3.63) is 134 Å². The van der Waals surface area contributed by atoms with Crippen LogP contribution in [0, 0.1) is 0 Å². The molecule has 1 unspecified atom stereocenters. The summed E-state index contributed by atoms with van der Waals surface area (Å²) >= 11 is 0. The summed E-state index contributed by atoms with van der Waals surface area (Å²) in [5.74, 6) is -0.958. The Morgan fingerprint density at radius 1 is 0.296 bits per heavy atom. The average molecular weight is 982 g/mol. The van der Waals surface area contributed by atoms with Gasteiger partial charge in [-0.3, -0.25) is 14.4 Å². The number of unbranched alkanes of at least 4 members (excludes halogenated alkanes) is 17. The van der Waals surface area contributed by atoms with Gasteiger partial charge in [0.15, 0.2) is 6.10 Å². The molecule has 0 N–H and O–H groups in total. The van der Waals surface area contributed by atoms with Crippen LogP contribution in [0.3, 0.4) is 0 Å². The Morgan fingerprint density at radius 3 is 0.901 bits per heavy atom. The van der Waals surface area contributed by atoms with E-state index in [1.807, 2.05) is 0 Å². The molecule has 0 aliphatic rings. The quantitative estimate of drug-likeness (QED) is 0.0262. The maximum atomic E-state index is 12.8. The largest absolute Gasteiger partial charge is 0.462 e. The minimum atomic E-state index is -0.796. The van der Waals surface area contributed by atoms with Crippen LogP contribution in [0.4, 0.5) is 0 Å². The molecule has 0 amide bonds. The van der Waals surface area contributed by atoms with Crippen molar-refractivity contribution in [1.29, 1.82) is 0 Å². The van der Waals surface area contributed by atoms with E-state index in [1.54, 1.807) is 0 Å². The average Bonchev–Trinajstić information content (AvgIpc) is 3.37. The minimum Gasteiger partial charge on any atom is -0.462 e. The second-order valence-corrected chi connectivity index (χ2v) is 18.5. The van der Waals surface area contributed by atoms with Gasteiger partial charge in [0.1, 0.15) is 13.2 Å². The number of esters is 3. The number of hydrogen-bond acceptors (Lipinski definition) is 6. The van der Waals surface area contributed by atoms with Crippen LogP contribution >= 0.6 is 0 Å². The second kappa shape index (κ2) is 58.1. The van der Waals surface area contributed by atoms with Crippen molar-refractivity contribution >= 4 is 17.9 Å². The van der Waals surface area contributed by atoms with Crippen LogP contribution in [0.2, 0.25) is 0 Å². The van der Waals surface area contributed by atoms with Crippen LogP contribution in [0.25, 0.3) is 0 Å². The highest BCUT2D eigenvalue weighted by Gasteiger charge is 2.19. The van der Waals surface area contributed by atoms with Gasteiger partial charge in [-0.05, 0) is 122 Å². The molecule has 0 saturated carbocycles. The van der Waals surface area contributed by atoms with Crippen molar-refractivity contribution < 1.29 is 28.6 Å². The zero-order valence-corrected chi connectivity index (χ0v) is 45.7. The first-order chi connectivity index (χ1) is 35.0. The first-order valence-electron chi connectivity index (χ1n) is 28.7. The standard InChI is InChI=1S/C65H104O6/c1-4-7-10-13-15-17-19-21-23-25-26-27-28-29-30-31-32-33-34-35-36-37-38-40-41-43-45-47-49-52-55-58-64(67)70-61-62(60-69-63(66)57-54-51-12-9-6-3)71-65(68)59-56-53-50-48-46-44-42-39-24-22-20-18-16-14-11-8-5-2/h7,10,15-18,21-24,26-27,29-30,32-33,35-36,38,40,43,45,62H,4-6,8-9,11-14,19-20,25,28,31,34,37,39,41-42,44,46-61H2,1-3H3/b10-7-,17-15-,18-16-,23-21-,24-22-,27-26-,30-29-,33-32-,36-35-,40-38-,45-43-. The van der Waals surface area contributed by atoms with E-state index >= 15 is 0 Å². The summed E-state index contributed by atoms with van der Waals surface area (Å²) in [6, 6.07) is 0. The van der Waals surface area contributed by atoms with Crippen LogP contribution in [-0.4, -0.2) is 37.2 Å². The molecule has 0 saturated heterocycles. The molecule has 1 atom stereocenters. The summed E-state index contributed by atoms with van der Waals surface area (Å²) in [7, 11) is 0. The minimum absolute atomic E-state index is 0.0962. The molecular weight excluding hydrogens is 877 g/mol. The normalized spacial score (nSPS) is 13.1. The molecule has 0 rings (SSSR count). The predicted molar refractivity (Wildman–Crippen MR) is 306 cm³/mol. The fourth-order valence-electron chi connectivity index (χ4n) is 7.35. The molecule has 0 aliphatic heterocycles. The van der Waals surface area contributed by atoms with Crippen molar-refractivity contribution in [3.8, 4) is 0 Å². The van der Waals surface area contributed by atoms with Crippen molar-refractivity contribution in [3.63, 3.8) is 0 Å². The lowest BCUT2D eigenvalue weighted by Crippen LogP contribution is -2.30. The van der Waals surface area contributed by atoms with Gasteiger partial charge >= 0.3 is 17.9 Å². The maximum absolute atomic E-state index is 12.8. The zero-order valence-electron chi connectivity index (χ0n) is 45.7. The number of allylic oxidation sites excluding steroid dienone is 22. The number of carbonyl (C=O) groups excluding carboxylic acids is 3. The Balaban J connectivity index is 4.20. The molecule has 0 aromatic rings. The molecule has 6 nitrogen and oxygen atoms in total. The number of rotatable bonds is 50. The summed E-state index contributed by atoms with van der Waals surface area (Å²) in [6.07, 6.45) is 82.0. The summed E-state index contributed by atoms with van der Waals surface area (Å²) in [4.78, 5) is 37.8. The fourth-order valence-corrected chi connectivity index (χ4v) is 7.35. The fraction of sp³-hybridized carbons (Fsp3) is 0.615. The number of hydrogen-bond donors (Lipinski definition) is 0.